The molecule has 3 rings (SSSR count). The van der Waals surface area contributed by atoms with Crippen molar-refractivity contribution in [3.05, 3.63) is 35.9 Å². The highest BCUT2D eigenvalue weighted by Crippen LogP contribution is 2.38. The molecular formula is C20H30N2O4. The number of ether oxygens (including phenoxy) is 2. The zero-order chi connectivity index (χ0) is 18.6. The smallest absolute Gasteiger partial charge is 0.409 e. The first-order valence-corrected chi connectivity index (χ1v) is 9.53. The number of aliphatic hydroxyl groups is 1. The second kappa shape index (κ2) is 8.37. The number of likely N-dealkylation sites (tertiary alicyclic amines) is 1. The molecule has 0 aromatic heterocycles. The molecule has 3 N–H and O–H groups in total. The van der Waals surface area contributed by atoms with Crippen LogP contribution in [0.15, 0.2) is 30.3 Å². The van der Waals surface area contributed by atoms with Gasteiger partial charge in [0.15, 0.2) is 0 Å². The van der Waals surface area contributed by atoms with Crippen LogP contribution in [0, 0.1) is 0 Å². The Hall–Kier alpha value is -1.63. The number of rotatable bonds is 4. The van der Waals surface area contributed by atoms with Crippen LogP contribution in [-0.2, 0) is 15.1 Å². The zero-order valence-electron chi connectivity index (χ0n) is 15.5. The molecular weight excluding hydrogens is 332 g/mol. The van der Waals surface area contributed by atoms with Crippen molar-refractivity contribution in [1.29, 1.82) is 0 Å². The van der Waals surface area contributed by atoms with Gasteiger partial charge in [0.1, 0.15) is 0 Å². The molecule has 2 fully saturated rings. The summed E-state index contributed by atoms with van der Waals surface area (Å²) in [6.07, 6.45) is 4.48. The average Bonchev–Trinajstić information content (AvgIpc) is 2.68. The van der Waals surface area contributed by atoms with Crippen molar-refractivity contribution in [2.24, 2.45) is 5.73 Å². The maximum absolute atomic E-state index is 12.0. The van der Waals surface area contributed by atoms with Gasteiger partial charge in [0, 0.05) is 12.6 Å². The Kier molecular flexibility index (Phi) is 6.16. The van der Waals surface area contributed by atoms with Crippen molar-refractivity contribution < 1.29 is 19.4 Å². The number of hydrogen-bond acceptors (Lipinski definition) is 5. The van der Waals surface area contributed by atoms with Crippen molar-refractivity contribution in [2.45, 2.75) is 62.3 Å². The summed E-state index contributed by atoms with van der Waals surface area (Å²) >= 11 is 0. The predicted octanol–water partition coefficient (Wildman–Crippen LogP) is 2.39. The molecule has 0 radical (unpaired) electrons. The lowest BCUT2D eigenvalue weighted by molar-refractivity contribution is -0.0727. The van der Waals surface area contributed by atoms with Crippen molar-refractivity contribution in [1.82, 2.24) is 4.90 Å². The summed E-state index contributed by atoms with van der Waals surface area (Å²) in [5.74, 6) is 0. The molecule has 6 nitrogen and oxygen atoms in total. The quantitative estimate of drug-likeness (QED) is 0.859. The van der Waals surface area contributed by atoms with E-state index in [1.54, 1.807) is 4.90 Å². The van der Waals surface area contributed by atoms with Crippen molar-refractivity contribution >= 4 is 6.09 Å². The molecule has 26 heavy (non-hydrogen) atoms. The summed E-state index contributed by atoms with van der Waals surface area (Å²) in [5, 5.41) is 10.9. The maximum Gasteiger partial charge on any atom is 0.409 e. The number of nitrogens with zero attached hydrogens (tertiary/aromatic N) is 1. The molecule has 1 amide bonds. The van der Waals surface area contributed by atoms with E-state index in [2.05, 4.69) is 0 Å². The van der Waals surface area contributed by atoms with E-state index >= 15 is 0 Å². The zero-order valence-corrected chi connectivity index (χ0v) is 15.5. The van der Waals surface area contributed by atoms with Crippen LogP contribution in [0.3, 0.4) is 0 Å². The Labute approximate surface area is 155 Å². The number of carbonyl (C=O) groups is 1. The number of piperidine rings is 1. The molecule has 1 aliphatic carbocycles. The van der Waals surface area contributed by atoms with Crippen LogP contribution < -0.4 is 5.73 Å². The molecule has 6 heteroatoms. The fourth-order valence-corrected chi connectivity index (χ4v) is 4.15. The van der Waals surface area contributed by atoms with Crippen LogP contribution in [0.25, 0.3) is 0 Å². The second-order valence-corrected chi connectivity index (χ2v) is 7.47. The monoisotopic (exact) mass is 362 g/mol. The van der Waals surface area contributed by atoms with E-state index in [1.165, 1.54) is 7.11 Å². The average molecular weight is 362 g/mol. The molecule has 0 spiro atoms. The summed E-state index contributed by atoms with van der Waals surface area (Å²) in [5.41, 5.74) is 6.44. The minimum atomic E-state index is -0.763. The van der Waals surface area contributed by atoms with E-state index in [1.807, 2.05) is 30.3 Å². The molecule has 0 bridgehead atoms. The molecule has 1 saturated heterocycles. The van der Waals surface area contributed by atoms with Gasteiger partial charge in [-0.2, -0.15) is 0 Å². The SMILES string of the molecule is COC(=O)N1CCC[C@H](N)[C@@H]1CO[C@H]1CC[C@@](O)(c2ccccc2)CC1. The number of hydrogen-bond donors (Lipinski definition) is 2. The van der Waals surface area contributed by atoms with E-state index in [-0.39, 0.29) is 24.3 Å². The van der Waals surface area contributed by atoms with Crippen molar-refractivity contribution in [3.63, 3.8) is 0 Å². The molecule has 1 aromatic carbocycles. The van der Waals surface area contributed by atoms with Crippen molar-refractivity contribution in [2.75, 3.05) is 20.3 Å². The third-order valence-electron chi connectivity index (χ3n) is 5.81. The van der Waals surface area contributed by atoms with E-state index in [0.717, 1.165) is 31.2 Å². The molecule has 1 aliphatic heterocycles. The third kappa shape index (κ3) is 4.19. The van der Waals surface area contributed by atoms with Crippen LogP contribution in [-0.4, -0.2) is 54.5 Å². The largest absolute Gasteiger partial charge is 0.453 e. The number of amides is 1. The Morgan fingerprint density at radius 1 is 1.27 bits per heavy atom. The lowest BCUT2D eigenvalue weighted by atomic mass is 9.78. The summed E-state index contributed by atoms with van der Waals surface area (Å²) in [7, 11) is 1.39. The molecule has 1 saturated carbocycles. The van der Waals surface area contributed by atoms with E-state index in [0.29, 0.717) is 26.0 Å². The number of methoxy groups -OCH3 is 1. The van der Waals surface area contributed by atoms with Crippen LogP contribution in [0.1, 0.15) is 44.1 Å². The van der Waals surface area contributed by atoms with Gasteiger partial charge in [-0.3, -0.25) is 0 Å². The lowest BCUT2D eigenvalue weighted by Crippen LogP contribution is -2.56. The number of nitrogens with two attached hydrogens (primary N) is 1. The highest BCUT2D eigenvalue weighted by atomic mass is 16.5. The number of benzene rings is 1. The molecule has 2 atom stereocenters. The minimum absolute atomic E-state index is 0.0901. The summed E-state index contributed by atoms with van der Waals surface area (Å²) in [6.45, 7) is 1.08. The first kappa shape index (κ1) is 19.1. The van der Waals surface area contributed by atoms with E-state index < -0.39 is 5.60 Å². The number of carbonyl (C=O) groups excluding carboxylic acids is 1. The van der Waals surface area contributed by atoms with E-state index in [4.69, 9.17) is 15.2 Å². The van der Waals surface area contributed by atoms with Crippen LogP contribution in [0.4, 0.5) is 4.79 Å². The standard InChI is InChI=1S/C20H30N2O4/c1-25-19(23)22-13-5-8-17(21)18(22)14-26-16-9-11-20(24,12-10-16)15-6-3-2-4-7-15/h2-4,6-7,16-18,24H,5,8-14,21H2,1H3/t16-,17-,18-,20-/m0/s1. The Morgan fingerprint density at radius 2 is 1.96 bits per heavy atom. The molecule has 1 aromatic rings. The predicted molar refractivity (Wildman–Crippen MR) is 98.7 cm³/mol. The summed E-state index contributed by atoms with van der Waals surface area (Å²) in [6, 6.07) is 9.61. The van der Waals surface area contributed by atoms with Gasteiger partial charge < -0.3 is 25.2 Å². The molecule has 1 heterocycles. The summed E-state index contributed by atoms with van der Waals surface area (Å²) in [4.78, 5) is 13.7. The van der Waals surface area contributed by atoms with Gasteiger partial charge in [-0.1, -0.05) is 30.3 Å². The first-order chi connectivity index (χ1) is 12.5. The topological polar surface area (TPSA) is 85.0 Å². The van der Waals surface area contributed by atoms with Gasteiger partial charge in [0.25, 0.3) is 0 Å². The summed E-state index contributed by atoms with van der Waals surface area (Å²) < 4.78 is 11.0. The van der Waals surface area contributed by atoms with Crippen LogP contribution >= 0.6 is 0 Å². The van der Waals surface area contributed by atoms with Crippen LogP contribution in [0.5, 0.6) is 0 Å². The second-order valence-electron chi connectivity index (χ2n) is 7.47. The fourth-order valence-electron chi connectivity index (χ4n) is 4.15. The Morgan fingerprint density at radius 3 is 2.62 bits per heavy atom. The highest BCUT2D eigenvalue weighted by molar-refractivity contribution is 5.68. The fraction of sp³-hybridized carbons (Fsp3) is 0.650. The van der Waals surface area contributed by atoms with Gasteiger partial charge in [0.2, 0.25) is 0 Å². The lowest BCUT2D eigenvalue weighted by Gasteiger charge is -2.40. The van der Waals surface area contributed by atoms with Crippen LogP contribution in [0.2, 0.25) is 0 Å². The maximum atomic E-state index is 12.0. The molecule has 0 unspecified atom stereocenters. The normalized spacial score (nSPS) is 32.3. The minimum Gasteiger partial charge on any atom is -0.453 e. The Balaban J connectivity index is 1.53. The van der Waals surface area contributed by atoms with Gasteiger partial charge in [-0.05, 0) is 44.1 Å². The first-order valence-electron chi connectivity index (χ1n) is 9.53. The van der Waals surface area contributed by atoms with Crippen molar-refractivity contribution in [3.8, 4) is 0 Å². The molecule has 144 valence electrons. The van der Waals surface area contributed by atoms with Gasteiger partial charge in [0.05, 0.1) is 31.5 Å². The van der Waals surface area contributed by atoms with Gasteiger partial charge in [-0.15, -0.1) is 0 Å². The Bertz CT molecular complexity index is 587. The molecule has 2 aliphatic rings. The van der Waals surface area contributed by atoms with Gasteiger partial charge >= 0.3 is 6.09 Å². The van der Waals surface area contributed by atoms with E-state index in [9.17, 15) is 9.90 Å². The highest BCUT2D eigenvalue weighted by Gasteiger charge is 2.37. The van der Waals surface area contributed by atoms with Gasteiger partial charge in [-0.25, -0.2) is 4.79 Å². The third-order valence-corrected chi connectivity index (χ3v) is 5.81.